The molecular formula is C23H25N2+. The first-order valence-electron chi connectivity index (χ1n) is 9.30. The van der Waals surface area contributed by atoms with Crippen LogP contribution in [0.5, 0.6) is 0 Å². The van der Waals surface area contributed by atoms with E-state index in [0.717, 1.165) is 19.6 Å². The minimum absolute atomic E-state index is 0.973. The van der Waals surface area contributed by atoms with E-state index in [2.05, 4.69) is 90.9 Å². The summed E-state index contributed by atoms with van der Waals surface area (Å²) >= 11 is 0. The number of anilines is 1. The predicted molar refractivity (Wildman–Crippen MR) is 108 cm³/mol. The van der Waals surface area contributed by atoms with Gasteiger partial charge in [-0.05, 0) is 56.5 Å². The fraction of sp³-hybridized carbons (Fsp3) is 0.261. The van der Waals surface area contributed by atoms with E-state index in [1.807, 2.05) is 0 Å². The van der Waals surface area contributed by atoms with Gasteiger partial charge in [-0.15, -0.1) is 0 Å². The number of rotatable bonds is 5. The van der Waals surface area contributed by atoms with E-state index in [1.54, 1.807) is 0 Å². The van der Waals surface area contributed by atoms with Crippen LogP contribution in [-0.2, 0) is 0 Å². The van der Waals surface area contributed by atoms with Gasteiger partial charge in [0.2, 0.25) is 11.4 Å². The molecule has 0 aliphatic carbocycles. The van der Waals surface area contributed by atoms with Crippen LogP contribution in [0, 0.1) is 0 Å². The van der Waals surface area contributed by atoms with E-state index < -0.39 is 0 Å². The second kappa shape index (κ2) is 6.36. The zero-order valence-electron chi connectivity index (χ0n) is 15.3. The molecule has 0 bridgehead atoms. The lowest BCUT2D eigenvalue weighted by Crippen LogP contribution is -2.22. The third-order valence-corrected chi connectivity index (χ3v) is 5.28. The topological polar surface area (TPSA) is 6.25 Å². The van der Waals surface area contributed by atoms with Crippen molar-refractivity contribution in [3.63, 3.8) is 0 Å². The standard InChI is InChI=1S/C23H25N2/c1-4-24(5-2)19-15-13-18(14-16-19)23-20-11-7-9-17-10-8-12-21(22(17)20)25(23)6-3/h7-16H,4-6H2,1-3H3/q+1. The summed E-state index contributed by atoms with van der Waals surface area (Å²) in [7, 11) is 0. The Labute approximate surface area is 150 Å². The monoisotopic (exact) mass is 329 g/mol. The molecule has 0 saturated carbocycles. The molecule has 0 atom stereocenters. The Morgan fingerprint density at radius 3 is 2.12 bits per heavy atom. The van der Waals surface area contributed by atoms with Crippen molar-refractivity contribution in [1.82, 2.24) is 0 Å². The van der Waals surface area contributed by atoms with Crippen LogP contribution in [0.15, 0.2) is 60.7 Å². The van der Waals surface area contributed by atoms with Crippen molar-refractivity contribution in [2.24, 2.45) is 0 Å². The molecule has 0 spiro atoms. The lowest BCUT2D eigenvalue weighted by Gasteiger charge is -2.21. The minimum atomic E-state index is 0.973. The first-order chi connectivity index (χ1) is 12.3. The Kier molecular flexibility index (Phi) is 4.04. The summed E-state index contributed by atoms with van der Waals surface area (Å²) in [5.41, 5.74) is 6.61. The fourth-order valence-corrected chi connectivity index (χ4v) is 4.07. The van der Waals surface area contributed by atoms with Crippen LogP contribution in [0.2, 0.25) is 0 Å². The van der Waals surface area contributed by atoms with E-state index in [4.69, 9.17) is 0 Å². The van der Waals surface area contributed by atoms with Gasteiger partial charge in [-0.3, -0.25) is 0 Å². The molecule has 0 unspecified atom stereocenters. The molecule has 0 saturated heterocycles. The number of nitrogens with zero attached hydrogens (tertiary/aromatic N) is 2. The average Bonchev–Trinajstić information content (AvgIpc) is 2.99. The molecule has 126 valence electrons. The van der Waals surface area contributed by atoms with Crippen molar-refractivity contribution in [3.05, 3.63) is 71.8 Å². The van der Waals surface area contributed by atoms with Crippen LogP contribution in [0.3, 0.4) is 0 Å². The van der Waals surface area contributed by atoms with Gasteiger partial charge in [-0.1, -0.05) is 24.3 Å². The van der Waals surface area contributed by atoms with Crippen molar-refractivity contribution >= 4 is 27.9 Å². The molecular weight excluding hydrogens is 304 g/mol. The summed E-state index contributed by atoms with van der Waals surface area (Å²) in [4.78, 5) is 2.39. The lowest BCUT2D eigenvalue weighted by atomic mass is 9.98. The fourth-order valence-electron chi connectivity index (χ4n) is 4.07. The molecule has 0 fully saturated rings. The first-order valence-corrected chi connectivity index (χ1v) is 9.30. The van der Waals surface area contributed by atoms with Gasteiger partial charge in [-0.25, -0.2) is 0 Å². The molecule has 0 amide bonds. The van der Waals surface area contributed by atoms with Crippen LogP contribution in [-0.4, -0.2) is 29.9 Å². The summed E-state index contributed by atoms with van der Waals surface area (Å²) in [5.74, 6) is 0. The van der Waals surface area contributed by atoms with Crippen LogP contribution in [0.1, 0.15) is 31.9 Å². The smallest absolute Gasteiger partial charge is 0.221 e. The summed E-state index contributed by atoms with van der Waals surface area (Å²) in [6.07, 6.45) is 0. The Balaban J connectivity index is 1.86. The highest BCUT2D eigenvalue weighted by Crippen LogP contribution is 2.36. The predicted octanol–water partition coefficient (Wildman–Crippen LogP) is 5.20. The van der Waals surface area contributed by atoms with Gasteiger partial charge < -0.3 is 4.90 Å². The molecule has 0 N–H and O–H groups in total. The van der Waals surface area contributed by atoms with Gasteiger partial charge in [0.1, 0.15) is 6.54 Å². The number of benzene rings is 3. The van der Waals surface area contributed by atoms with Gasteiger partial charge in [-0.2, -0.15) is 4.58 Å². The highest BCUT2D eigenvalue weighted by molar-refractivity contribution is 6.22. The Hall–Kier alpha value is -2.61. The largest absolute Gasteiger partial charge is 0.372 e. The van der Waals surface area contributed by atoms with Gasteiger partial charge in [0.05, 0.1) is 10.9 Å². The van der Waals surface area contributed by atoms with E-state index >= 15 is 0 Å². The highest BCUT2D eigenvalue weighted by Gasteiger charge is 2.31. The number of hydrogen-bond acceptors (Lipinski definition) is 1. The second-order valence-electron chi connectivity index (χ2n) is 6.49. The lowest BCUT2D eigenvalue weighted by molar-refractivity contribution is -0.431. The van der Waals surface area contributed by atoms with Crippen molar-refractivity contribution in [2.75, 3.05) is 24.5 Å². The first kappa shape index (κ1) is 15.9. The third kappa shape index (κ3) is 2.44. The molecule has 1 aliphatic rings. The molecule has 2 heteroatoms. The second-order valence-corrected chi connectivity index (χ2v) is 6.49. The van der Waals surface area contributed by atoms with E-state index in [-0.39, 0.29) is 0 Å². The molecule has 3 aromatic rings. The van der Waals surface area contributed by atoms with Crippen molar-refractivity contribution in [3.8, 4) is 0 Å². The van der Waals surface area contributed by atoms with Crippen LogP contribution in [0.25, 0.3) is 10.8 Å². The Bertz CT molecular complexity index is 942. The molecule has 0 radical (unpaired) electrons. The van der Waals surface area contributed by atoms with Crippen molar-refractivity contribution in [2.45, 2.75) is 20.8 Å². The zero-order valence-corrected chi connectivity index (χ0v) is 15.3. The van der Waals surface area contributed by atoms with Crippen molar-refractivity contribution < 1.29 is 4.58 Å². The molecule has 1 aliphatic heterocycles. The summed E-state index contributed by atoms with van der Waals surface area (Å²) in [6, 6.07) is 22.3. The molecule has 25 heavy (non-hydrogen) atoms. The minimum Gasteiger partial charge on any atom is -0.372 e. The SMILES string of the molecule is CCN(CC)c1ccc(C2=[N+](CC)c3cccc4cccc2c34)cc1. The maximum atomic E-state index is 2.45. The quantitative estimate of drug-likeness (QED) is 0.583. The molecule has 4 rings (SSSR count). The van der Waals surface area contributed by atoms with E-state index in [1.165, 1.54) is 39.0 Å². The van der Waals surface area contributed by atoms with Crippen LogP contribution >= 0.6 is 0 Å². The summed E-state index contributed by atoms with van der Waals surface area (Å²) in [5, 5.41) is 2.71. The third-order valence-electron chi connectivity index (χ3n) is 5.28. The molecule has 0 aromatic heterocycles. The summed E-state index contributed by atoms with van der Waals surface area (Å²) < 4.78 is 2.45. The maximum Gasteiger partial charge on any atom is 0.221 e. The Morgan fingerprint density at radius 1 is 0.800 bits per heavy atom. The van der Waals surface area contributed by atoms with Crippen LogP contribution in [0.4, 0.5) is 11.4 Å². The van der Waals surface area contributed by atoms with E-state index in [0.29, 0.717) is 0 Å². The maximum absolute atomic E-state index is 2.45. The van der Waals surface area contributed by atoms with Gasteiger partial charge in [0.15, 0.2) is 0 Å². The van der Waals surface area contributed by atoms with Gasteiger partial charge in [0, 0.05) is 30.4 Å². The molecule has 3 aromatic carbocycles. The zero-order chi connectivity index (χ0) is 17.4. The number of hydrogen-bond donors (Lipinski definition) is 0. The van der Waals surface area contributed by atoms with Gasteiger partial charge in [0.25, 0.3) is 0 Å². The molecule has 2 nitrogen and oxygen atoms in total. The van der Waals surface area contributed by atoms with E-state index in [9.17, 15) is 0 Å². The normalized spacial score (nSPS) is 12.9. The van der Waals surface area contributed by atoms with Crippen molar-refractivity contribution in [1.29, 1.82) is 0 Å². The average molecular weight is 329 g/mol. The van der Waals surface area contributed by atoms with Crippen LogP contribution < -0.4 is 4.90 Å². The Morgan fingerprint density at radius 2 is 1.48 bits per heavy atom. The van der Waals surface area contributed by atoms with Gasteiger partial charge >= 0.3 is 0 Å². The summed E-state index contributed by atoms with van der Waals surface area (Å²) in [6.45, 7) is 9.70. The molecule has 1 heterocycles. The highest BCUT2D eigenvalue weighted by atomic mass is 15.1.